The Labute approximate surface area is 708 Å². The zero-order valence-corrected chi connectivity index (χ0v) is 70.8. The zero-order valence-electron chi connectivity index (χ0n) is 68.3. The molecule has 4 aromatic carbocycles. The first-order valence-corrected chi connectivity index (χ1v) is 44.1. The van der Waals surface area contributed by atoms with E-state index in [2.05, 4.69) is 36.8 Å². The average molecular weight is 1770 g/mol. The van der Waals surface area contributed by atoms with Crippen molar-refractivity contribution < 1.29 is 130 Å². The van der Waals surface area contributed by atoms with Crippen molar-refractivity contribution in [2.45, 2.75) is 146 Å². The number of phenolic OH excluding ortho intramolecular Hbond substituents is 1. The number of thioether (sulfide) groups is 1. The van der Waals surface area contributed by atoms with Crippen molar-refractivity contribution in [1.82, 2.24) is 45.8 Å². The van der Waals surface area contributed by atoms with Gasteiger partial charge in [0.2, 0.25) is 35.4 Å². The molecule has 16 N–H and O–H groups in total. The number of phenols is 1. The number of likely N-dealkylation sites (tertiary alicyclic amines) is 1. The maximum absolute atomic E-state index is 14.4. The number of aryl methyl sites for hydroxylation is 2. The third kappa shape index (κ3) is 35.3. The average Bonchev–Trinajstić information content (AvgIpc) is 1.05. The van der Waals surface area contributed by atoms with Gasteiger partial charge in [0.15, 0.2) is 11.5 Å². The fraction of sp³-hybridized carbons (Fsp3) is 0.544. The highest BCUT2D eigenvalue weighted by Gasteiger charge is 2.39. The molecule has 0 spiro atoms. The van der Waals surface area contributed by atoms with E-state index in [1.807, 2.05) is 12.1 Å². The van der Waals surface area contributed by atoms with Gasteiger partial charge in [0.05, 0.1) is 79.5 Å². The number of amides is 6. The second-order valence-electron chi connectivity index (χ2n) is 30.2. The van der Waals surface area contributed by atoms with Gasteiger partial charge in [0.25, 0.3) is 10.1 Å². The molecule has 2 heterocycles. The number of Topliss-reactive ketones (excluding diaryl/α,β-unsaturated/α-hetero) is 2. The summed E-state index contributed by atoms with van der Waals surface area (Å²) in [7, 11) is -9.14. The van der Waals surface area contributed by atoms with Gasteiger partial charge in [-0.1, -0.05) is 31.5 Å². The summed E-state index contributed by atoms with van der Waals surface area (Å²) in [6.07, 6.45) is 0.540. The Morgan fingerprint density at radius 1 is 0.615 bits per heavy atom. The van der Waals surface area contributed by atoms with Crippen LogP contribution < -0.4 is 32.3 Å². The Hall–Kier alpha value is -10.3. The first-order chi connectivity index (χ1) is 57.6. The molecule has 6 amide bonds. The molecule has 0 radical (unpaired) electrons. The number of aliphatic carboxylic acids is 6. The Kier molecular flexibility index (Phi) is 41.0. The second-order valence-corrected chi connectivity index (χ2v) is 34.7. The van der Waals surface area contributed by atoms with Gasteiger partial charge in [-0.25, -0.2) is 4.79 Å². The number of fused-ring (bicyclic) bond motifs is 1. The van der Waals surface area contributed by atoms with Crippen molar-refractivity contribution in [2.75, 3.05) is 134 Å². The largest absolute Gasteiger partial charge is 0.505 e. The number of azo groups is 1. The fourth-order valence-electron chi connectivity index (χ4n) is 13.6. The molecule has 0 bridgehead atoms. The number of nitrogens with two attached hydrogens (primary N) is 1. The van der Waals surface area contributed by atoms with Gasteiger partial charge in [0.1, 0.15) is 22.4 Å². The van der Waals surface area contributed by atoms with Crippen LogP contribution in [0.5, 0.6) is 5.75 Å². The summed E-state index contributed by atoms with van der Waals surface area (Å²) in [6.45, 7) is 4.86. The van der Waals surface area contributed by atoms with E-state index in [0.717, 1.165) is 33.9 Å². The molecule has 6 atom stereocenters. The maximum Gasteiger partial charge on any atom is 0.328 e. The summed E-state index contributed by atoms with van der Waals surface area (Å²) in [6, 6.07) is 13.4. The topological polar surface area (TPSA) is 609 Å². The van der Waals surface area contributed by atoms with E-state index >= 15 is 0 Å². The number of carboxylic acid groups (broad SMARTS) is 6. The predicted molar refractivity (Wildman–Crippen MR) is 445 cm³/mol. The molecule has 122 heavy (non-hydrogen) atoms. The predicted octanol–water partition coefficient (Wildman–Crippen LogP) is 4.72. The van der Waals surface area contributed by atoms with Gasteiger partial charge >= 0.3 is 43.4 Å². The van der Waals surface area contributed by atoms with Crippen LogP contribution in [0, 0.1) is 25.7 Å². The van der Waals surface area contributed by atoms with E-state index in [-0.39, 0.29) is 214 Å². The number of carbonyl (C=O) groups excluding carboxylic acids is 8. The lowest BCUT2D eigenvalue weighted by molar-refractivity contribution is -0.143. The van der Waals surface area contributed by atoms with Crippen LogP contribution in [-0.2, 0) is 86.3 Å². The van der Waals surface area contributed by atoms with Gasteiger partial charge in [-0.15, -0.1) is 16.9 Å². The van der Waals surface area contributed by atoms with Crippen LogP contribution in [0.15, 0.2) is 75.8 Å². The third-order valence-electron chi connectivity index (χ3n) is 20.3. The number of hydrogen-bond acceptors (Lipinski definition) is 28. The quantitative estimate of drug-likeness (QED) is 0.00710. The van der Waals surface area contributed by atoms with Crippen molar-refractivity contribution in [2.24, 2.45) is 22.1 Å². The molecule has 670 valence electrons. The molecule has 43 heteroatoms. The van der Waals surface area contributed by atoms with Gasteiger partial charge in [-0.2, -0.15) is 13.5 Å². The van der Waals surface area contributed by atoms with Gasteiger partial charge in [-0.3, -0.25) is 101 Å². The summed E-state index contributed by atoms with van der Waals surface area (Å²) in [5.41, 5.74) is 9.82. The Bertz CT molecular complexity index is 4580. The van der Waals surface area contributed by atoms with Crippen LogP contribution in [0.3, 0.4) is 0 Å². The number of rotatable bonds is 52. The number of nitrogen functional groups attached to an aromatic ring is 1. The van der Waals surface area contributed by atoms with Crippen LogP contribution >= 0.6 is 19.4 Å². The third-order valence-corrected chi connectivity index (χ3v) is 23.9. The van der Waals surface area contributed by atoms with Gasteiger partial charge in [0, 0.05) is 127 Å². The highest BCUT2D eigenvalue weighted by Crippen LogP contribution is 2.45. The minimum Gasteiger partial charge on any atom is -0.505 e. The van der Waals surface area contributed by atoms with Crippen molar-refractivity contribution in [3.63, 3.8) is 0 Å². The SMILES string of the molecule is Cc1cc(-c2ccc(NC(=O)[C@@H](CCCCNC(=O)CCN3C(=O)CC(SCC(=O)NCCCCCC(=O)C[C@H](C)CCC(=O)N[C@@H](CCCOP(=O)(O)CC(CCC(=O)O)C(=O)O)C(=O)O)C3=O)NCC(=O)CN3CCN(CC(=O)O)CCN(CC(=O)O)CCN(CC(=O)O)CC3)c(C)c2)ccc1N=Nc1ccc2c(S(=O)(=O)O)ccc(N)c2c1O. The molecule has 6 rings (SSSR count). The minimum absolute atomic E-state index is 0.0156. The lowest BCUT2D eigenvalue weighted by Crippen LogP contribution is -2.50. The number of unbranched alkanes of at least 4 members (excludes halogenated alkanes) is 3. The monoisotopic (exact) mass is 1770 g/mol. The molecule has 0 aromatic heterocycles. The Morgan fingerprint density at radius 2 is 1.18 bits per heavy atom. The van der Waals surface area contributed by atoms with Crippen LogP contribution in [0.1, 0.15) is 121 Å². The zero-order chi connectivity index (χ0) is 90.0. The lowest BCUT2D eigenvalue weighted by Gasteiger charge is -2.33. The number of nitrogens with one attached hydrogen (secondary N) is 5. The number of carbonyl (C=O) groups is 14. The molecule has 0 saturated carbocycles. The standard InChI is InChI=1S/C79H110N13O27PS2/c1-49(13-23-67(96)84-63(79(112)113)12-9-37-119-120(114,115)47-54(78(110)111)16-24-70(99)100)38-55(93)10-5-4-7-26-82-68(97)48-121-64-41-69(98)92(77(64)109)28-25-66(95)81-27-8-6-11-62(83-42-56(94)43-88-29-31-89(44-71(101)102)33-35-91(46-73(105)106)36-34-90(32-30-88)45-72(103)104)76(108)85-59-19-14-52(39-50(59)2)53-15-20-60(51(3)40-53)86-87-61-21-17-57-65(122(116,117)118)22-18-58(80)74(57)75(61)107/h14-15,17-22,39-40,49,54,62-64,83,107H,4-13,16,23-38,41-48,80H2,1-3H3,(H,81,95)(H,82,97)(H,84,96)(H,85,108)(H,99,100)(H,101,102)(H,103,104)(H,105,106)(H,110,111)(H,112,113)(H,114,115)(H,116,117,118)/t49-,54?,62-,63+,64?/m1/s1. The number of nitrogens with zero attached hydrogens (tertiary/aromatic N) is 7. The molecule has 2 fully saturated rings. The first-order valence-electron chi connectivity index (χ1n) is 39.8. The lowest BCUT2D eigenvalue weighted by atomic mass is 9.96. The van der Waals surface area contributed by atoms with Crippen molar-refractivity contribution >= 4 is 146 Å². The fourth-order valence-corrected chi connectivity index (χ4v) is 16.7. The number of ketones is 2. The maximum atomic E-state index is 14.4. The summed E-state index contributed by atoms with van der Waals surface area (Å²) in [4.78, 5) is 193. The first kappa shape index (κ1) is 101. The van der Waals surface area contributed by atoms with Crippen molar-refractivity contribution in [1.29, 1.82) is 0 Å². The van der Waals surface area contributed by atoms with E-state index in [9.17, 15) is 120 Å². The smallest absolute Gasteiger partial charge is 0.328 e. The highest BCUT2D eigenvalue weighted by molar-refractivity contribution is 8.01. The van der Waals surface area contributed by atoms with Crippen LogP contribution in [-0.4, -0.2) is 302 Å². The number of carboxylic acids is 6. The minimum atomic E-state index is -4.66. The Balaban J connectivity index is 0.956. The van der Waals surface area contributed by atoms with E-state index < -0.39 is 143 Å². The highest BCUT2D eigenvalue weighted by atomic mass is 32.2. The molecule has 2 saturated heterocycles. The number of hydrogen-bond donors (Lipinski definition) is 15. The van der Waals surface area contributed by atoms with Crippen molar-refractivity contribution in [3.05, 3.63) is 71.8 Å². The molecule has 0 aliphatic carbocycles. The molecule has 2 aliphatic rings. The summed E-state index contributed by atoms with van der Waals surface area (Å²) >= 11 is 0.988. The second kappa shape index (κ2) is 49.7. The molecular weight excluding hydrogens is 1660 g/mol. The van der Waals surface area contributed by atoms with Crippen LogP contribution in [0.25, 0.3) is 21.9 Å². The van der Waals surface area contributed by atoms with Crippen molar-refractivity contribution in [3.8, 4) is 16.9 Å². The molecule has 40 nitrogen and oxygen atoms in total. The van der Waals surface area contributed by atoms with Gasteiger partial charge < -0.3 is 72.2 Å². The van der Waals surface area contributed by atoms with E-state index in [4.69, 9.17) is 15.4 Å². The molecular formula is C79H110N13O27PS2. The number of anilines is 2. The van der Waals surface area contributed by atoms with E-state index in [1.54, 1.807) is 64.6 Å². The van der Waals surface area contributed by atoms with Gasteiger partial charge in [-0.05, 0) is 142 Å². The normalized spacial score (nSPS) is 16.4. The van der Waals surface area contributed by atoms with E-state index in [0.29, 0.717) is 54.6 Å². The molecule has 3 unspecified atom stereocenters. The molecule has 2 aliphatic heterocycles. The number of aromatic hydroxyl groups is 1. The summed E-state index contributed by atoms with van der Waals surface area (Å²) < 4.78 is 51.2. The molecule has 4 aromatic rings. The number of benzene rings is 4. The van der Waals surface area contributed by atoms with Crippen LogP contribution in [0.4, 0.5) is 22.7 Å². The summed E-state index contributed by atoms with van der Waals surface area (Å²) in [5, 5.41) is 89.5. The van der Waals surface area contributed by atoms with Crippen LogP contribution in [0.2, 0.25) is 0 Å². The Morgan fingerprint density at radius 3 is 1.75 bits per heavy atom. The summed E-state index contributed by atoms with van der Waals surface area (Å²) in [5.74, 6) is -13.2. The number of imide groups is 1. The van der Waals surface area contributed by atoms with E-state index in [1.165, 1.54) is 18.2 Å².